The van der Waals surface area contributed by atoms with Gasteiger partial charge in [0.05, 0.1) is 4.90 Å². The van der Waals surface area contributed by atoms with Crippen molar-refractivity contribution in [2.75, 3.05) is 25.4 Å². The maximum absolute atomic E-state index is 12.1. The fourth-order valence-electron chi connectivity index (χ4n) is 2.48. The van der Waals surface area contributed by atoms with Crippen molar-refractivity contribution in [3.8, 4) is 0 Å². The fourth-order valence-corrected chi connectivity index (χ4v) is 3.55. The van der Waals surface area contributed by atoms with Gasteiger partial charge in [0.1, 0.15) is 0 Å². The molecule has 0 aromatic heterocycles. The van der Waals surface area contributed by atoms with Crippen LogP contribution in [-0.4, -0.2) is 39.0 Å². The van der Waals surface area contributed by atoms with Crippen LogP contribution < -0.4 is 10.5 Å². The first-order valence-electron chi connectivity index (χ1n) is 6.62. The van der Waals surface area contributed by atoms with Crippen LogP contribution in [0.15, 0.2) is 29.2 Å². The number of likely N-dealkylation sites (N-methyl/N-ethyl adjacent to an activating group) is 1. The van der Waals surface area contributed by atoms with Crippen molar-refractivity contribution in [3.63, 3.8) is 0 Å². The van der Waals surface area contributed by atoms with Crippen LogP contribution in [0.25, 0.3) is 0 Å². The Bertz CT molecular complexity index is 513. The third kappa shape index (κ3) is 3.46. The Morgan fingerprint density at radius 1 is 1.37 bits per heavy atom. The lowest BCUT2D eigenvalue weighted by Gasteiger charge is -2.22. The number of benzene rings is 1. The highest BCUT2D eigenvalue weighted by molar-refractivity contribution is 7.89. The number of nitrogen functional groups attached to an aromatic ring is 1. The molecule has 0 spiro atoms. The molecule has 0 aliphatic carbocycles. The van der Waals surface area contributed by atoms with Crippen LogP contribution in [0.2, 0.25) is 0 Å². The summed E-state index contributed by atoms with van der Waals surface area (Å²) in [5.41, 5.74) is 6.12. The van der Waals surface area contributed by atoms with Crippen molar-refractivity contribution in [2.45, 2.75) is 30.7 Å². The maximum Gasteiger partial charge on any atom is 0.240 e. The molecule has 1 heterocycles. The van der Waals surface area contributed by atoms with E-state index in [0.717, 1.165) is 25.9 Å². The molecule has 1 aliphatic heterocycles. The van der Waals surface area contributed by atoms with Gasteiger partial charge in [-0.2, -0.15) is 0 Å². The van der Waals surface area contributed by atoms with Gasteiger partial charge in [-0.15, -0.1) is 0 Å². The Morgan fingerprint density at radius 2 is 2.05 bits per heavy atom. The molecular formula is C13H21N3O2S. The molecule has 1 aromatic rings. The van der Waals surface area contributed by atoms with E-state index in [1.54, 1.807) is 12.1 Å². The highest BCUT2D eigenvalue weighted by Gasteiger charge is 2.24. The van der Waals surface area contributed by atoms with Crippen molar-refractivity contribution < 1.29 is 8.42 Å². The second-order valence-corrected chi connectivity index (χ2v) is 6.61. The molecule has 0 saturated carbocycles. The monoisotopic (exact) mass is 283 g/mol. The van der Waals surface area contributed by atoms with Gasteiger partial charge in [0.15, 0.2) is 0 Å². The number of hydrogen-bond acceptors (Lipinski definition) is 4. The molecular weight excluding hydrogens is 262 g/mol. The van der Waals surface area contributed by atoms with Crippen LogP contribution in [0, 0.1) is 0 Å². The number of sulfonamides is 1. The van der Waals surface area contributed by atoms with Gasteiger partial charge in [-0.05, 0) is 50.2 Å². The first-order chi connectivity index (χ1) is 9.03. The zero-order chi connectivity index (χ0) is 13.9. The lowest BCUT2D eigenvalue weighted by molar-refractivity contribution is 0.268. The molecule has 5 nitrogen and oxygen atoms in total. The van der Waals surface area contributed by atoms with E-state index < -0.39 is 10.0 Å². The quantitative estimate of drug-likeness (QED) is 0.792. The molecule has 1 unspecified atom stereocenters. The molecule has 3 N–H and O–H groups in total. The Hall–Kier alpha value is -1.11. The van der Waals surface area contributed by atoms with Gasteiger partial charge < -0.3 is 5.73 Å². The third-order valence-corrected chi connectivity index (χ3v) is 5.04. The summed E-state index contributed by atoms with van der Waals surface area (Å²) >= 11 is 0. The van der Waals surface area contributed by atoms with Gasteiger partial charge in [0.25, 0.3) is 0 Å². The first-order valence-corrected chi connectivity index (χ1v) is 8.10. The van der Waals surface area contributed by atoms with E-state index in [9.17, 15) is 8.42 Å². The molecule has 1 atom stereocenters. The summed E-state index contributed by atoms with van der Waals surface area (Å²) in [5.74, 6) is 0. The Morgan fingerprint density at radius 3 is 2.68 bits per heavy atom. The minimum absolute atomic E-state index is 0.266. The molecule has 6 heteroatoms. The van der Waals surface area contributed by atoms with Crippen molar-refractivity contribution in [2.24, 2.45) is 0 Å². The van der Waals surface area contributed by atoms with E-state index in [1.807, 2.05) is 0 Å². The van der Waals surface area contributed by atoms with E-state index in [2.05, 4.69) is 16.5 Å². The highest BCUT2D eigenvalue weighted by Crippen LogP contribution is 2.17. The number of nitrogens with one attached hydrogen (secondary N) is 1. The second-order valence-electron chi connectivity index (χ2n) is 4.85. The molecule has 1 saturated heterocycles. The van der Waals surface area contributed by atoms with Gasteiger partial charge in [-0.1, -0.05) is 6.92 Å². The Labute approximate surface area is 114 Å². The lowest BCUT2D eigenvalue weighted by atomic mass is 10.2. The summed E-state index contributed by atoms with van der Waals surface area (Å²) in [6, 6.07) is 6.58. The zero-order valence-electron chi connectivity index (χ0n) is 11.2. The topological polar surface area (TPSA) is 75.4 Å². The van der Waals surface area contributed by atoms with E-state index in [1.165, 1.54) is 12.1 Å². The Kier molecular flexibility index (Phi) is 4.44. The average Bonchev–Trinajstić information content (AvgIpc) is 2.84. The summed E-state index contributed by atoms with van der Waals surface area (Å²) in [4.78, 5) is 2.58. The van der Waals surface area contributed by atoms with Crippen LogP contribution in [0.5, 0.6) is 0 Å². The number of rotatable bonds is 5. The summed E-state index contributed by atoms with van der Waals surface area (Å²) in [6.45, 7) is 4.60. The molecule has 106 valence electrons. The third-order valence-electron chi connectivity index (χ3n) is 3.60. The zero-order valence-corrected chi connectivity index (χ0v) is 12.0. The molecule has 1 aliphatic rings. The van der Waals surface area contributed by atoms with Gasteiger partial charge in [0.2, 0.25) is 10.0 Å². The number of nitrogens with zero attached hydrogens (tertiary/aromatic N) is 1. The smallest absolute Gasteiger partial charge is 0.240 e. The number of hydrogen-bond donors (Lipinski definition) is 2. The standard InChI is InChI=1S/C13H21N3O2S/c1-2-16-9-3-4-12(16)10-15-19(17,18)13-7-5-11(14)6-8-13/h5-8,12,15H,2-4,9-10,14H2,1H3. The molecule has 0 amide bonds. The van der Waals surface area contributed by atoms with E-state index in [-0.39, 0.29) is 4.90 Å². The second kappa shape index (κ2) is 5.90. The molecule has 1 fully saturated rings. The molecule has 0 radical (unpaired) electrons. The van der Waals surface area contributed by atoms with E-state index in [4.69, 9.17) is 5.73 Å². The SMILES string of the molecule is CCN1CCCC1CNS(=O)(=O)c1ccc(N)cc1. The summed E-state index contributed by atoms with van der Waals surface area (Å²) in [6.07, 6.45) is 2.19. The van der Waals surface area contributed by atoms with Crippen molar-refractivity contribution in [1.82, 2.24) is 9.62 Å². The van der Waals surface area contributed by atoms with Crippen molar-refractivity contribution in [1.29, 1.82) is 0 Å². The van der Waals surface area contributed by atoms with Crippen LogP contribution in [0.1, 0.15) is 19.8 Å². The molecule has 1 aromatic carbocycles. The lowest BCUT2D eigenvalue weighted by Crippen LogP contribution is -2.39. The van der Waals surface area contributed by atoms with Crippen LogP contribution in [0.3, 0.4) is 0 Å². The average molecular weight is 283 g/mol. The van der Waals surface area contributed by atoms with Crippen molar-refractivity contribution in [3.05, 3.63) is 24.3 Å². The number of nitrogens with two attached hydrogens (primary N) is 1. The molecule has 2 rings (SSSR count). The van der Waals surface area contributed by atoms with Gasteiger partial charge in [0, 0.05) is 18.3 Å². The largest absolute Gasteiger partial charge is 0.399 e. The minimum atomic E-state index is -3.43. The van der Waals surface area contributed by atoms with Gasteiger partial charge in [-0.25, -0.2) is 13.1 Å². The fraction of sp³-hybridized carbons (Fsp3) is 0.538. The van der Waals surface area contributed by atoms with Gasteiger partial charge >= 0.3 is 0 Å². The van der Waals surface area contributed by atoms with E-state index in [0.29, 0.717) is 18.3 Å². The predicted molar refractivity (Wildman–Crippen MR) is 76.3 cm³/mol. The van der Waals surface area contributed by atoms with Crippen LogP contribution in [0.4, 0.5) is 5.69 Å². The Balaban J connectivity index is 2.00. The number of anilines is 1. The van der Waals surface area contributed by atoms with Crippen molar-refractivity contribution >= 4 is 15.7 Å². The van der Waals surface area contributed by atoms with E-state index >= 15 is 0 Å². The molecule has 19 heavy (non-hydrogen) atoms. The summed E-state index contributed by atoms with van der Waals surface area (Å²) in [5, 5.41) is 0. The van der Waals surface area contributed by atoms with Gasteiger partial charge in [-0.3, -0.25) is 4.90 Å². The van der Waals surface area contributed by atoms with Crippen LogP contribution in [-0.2, 0) is 10.0 Å². The number of likely N-dealkylation sites (tertiary alicyclic amines) is 1. The van der Waals surface area contributed by atoms with Crippen LogP contribution >= 0.6 is 0 Å². The first kappa shape index (κ1) is 14.3. The summed E-state index contributed by atoms with van der Waals surface area (Å²) < 4.78 is 26.9. The molecule has 0 bridgehead atoms. The highest BCUT2D eigenvalue weighted by atomic mass is 32.2. The maximum atomic E-state index is 12.1. The normalized spacial score (nSPS) is 20.8. The predicted octanol–water partition coefficient (Wildman–Crippen LogP) is 1.03. The summed E-state index contributed by atoms with van der Waals surface area (Å²) in [7, 11) is -3.43. The minimum Gasteiger partial charge on any atom is -0.399 e.